The maximum Gasteiger partial charge on any atom is 0.263 e. The maximum atomic E-state index is 12.9. The molecule has 0 bridgehead atoms. The summed E-state index contributed by atoms with van der Waals surface area (Å²) in [6.45, 7) is 4.91. The van der Waals surface area contributed by atoms with Gasteiger partial charge in [-0.1, -0.05) is 25.1 Å². The molecule has 118 valence electrons. The van der Waals surface area contributed by atoms with Gasteiger partial charge in [0, 0.05) is 31.3 Å². The first-order valence-electron chi connectivity index (χ1n) is 7.59. The molecule has 1 aliphatic rings. The van der Waals surface area contributed by atoms with Crippen molar-refractivity contribution < 1.29 is 13.5 Å². The van der Waals surface area contributed by atoms with E-state index in [2.05, 4.69) is 11.8 Å². The van der Waals surface area contributed by atoms with Crippen molar-refractivity contribution in [3.63, 3.8) is 0 Å². The number of nitrogens with zero attached hydrogens (tertiary/aromatic N) is 1. The van der Waals surface area contributed by atoms with E-state index in [0.29, 0.717) is 6.54 Å². The highest BCUT2D eigenvalue weighted by molar-refractivity contribution is 5.27. The number of ether oxygens (including phenoxy) is 1. The fourth-order valence-corrected chi connectivity index (χ4v) is 2.92. The molecule has 0 saturated carbocycles. The standard InChI is InChI=1S/C16H24F2N2O/c1-2-20(11-14-7-4-8-21-14)15(10-19)12-5-3-6-13(9-12)16(17)18/h3,5-6,9,14-16H,2,4,7-8,10-11,19H2,1H3. The average Bonchev–Trinajstić information content (AvgIpc) is 3.00. The zero-order chi connectivity index (χ0) is 15.2. The largest absolute Gasteiger partial charge is 0.377 e. The van der Waals surface area contributed by atoms with Crippen molar-refractivity contribution in [2.24, 2.45) is 5.73 Å². The Morgan fingerprint density at radius 3 is 2.71 bits per heavy atom. The lowest BCUT2D eigenvalue weighted by Crippen LogP contribution is -2.38. The van der Waals surface area contributed by atoms with E-state index >= 15 is 0 Å². The van der Waals surface area contributed by atoms with Gasteiger partial charge in [-0.25, -0.2) is 8.78 Å². The highest BCUT2D eigenvalue weighted by Crippen LogP contribution is 2.26. The number of alkyl halides is 2. The molecule has 2 atom stereocenters. The number of nitrogens with two attached hydrogens (primary N) is 1. The Hall–Kier alpha value is -1.04. The zero-order valence-corrected chi connectivity index (χ0v) is 12.5. The second-order valence-electron chi connectivity index (χ2n) is 5.44. The third kappa shape index (κ3) is 4.22. The molecular weight excluding hydrogens is 274 g/mol. The van der Waals surface area contributed by atoms with Crippen LogP contribution < -0.4 is 5.73 Å². The summed E-state index contributed by atoms with van der Waals surface area (Å²) in [7, 11) is 0. The molecule has 2 rings (SSSR count). The van der Waals surface area contributed by atoms with E-state index in [9.17, 15) is 8.78 Å². The van der Waals surface area contributed by atoms with Gasteiger partial charge in [0.25, 0.3) is 6.43 Å². The van der Waals surface area contributed by atoms with E-state index in [4.69, 9.17) is 10.5 Å². The van der Waals surface area contributed by atoms with Crippen molar-refractivity contribution in [1.29, 1.82) is 0 Å². The first-order chi connectivity index (χ1) is 10.2. The van der Waals surface area contributed by atoms with Crippen LogP contribution in [-0.4, -0.2) is 37.2 Å². The molecule has 1 fully saturated rings. The Morgan fingerprint density at radius 1 is 1.38 bits per heavy atom. The predicted octanol–water partition coefficient (Wildman–Crippen LogP) is 3.12. The second kappa shape index (κ2) is 7.82. The number of likely N-dealkylation sites (N-methyl/N-ethyl adjacent to an activating group) is 1. The Balaban J connectivity index is 2.13. The molecule has 2 unspecified atom stereocenters. The van der Waals surface area contributed by atoms with Crippen LogP contribution in [0.2, 0.25) is 0 Å². The summed E-state index contributed by atoms with van der Waals surface area (Å²) in [5, 5.41) is 0. The van der Waals surface area contributed by atoms with Gasteiger partial charge in [0.1, 0.15) is 0 Å². The van der Waals surface area contributed by atoms with Crippen LogP contribution in [0.25, 0.3) is 0 Å². The molecule has 2 N–H and O–H groups in total. The molecule has 5 heteroatoms. The monoisotopic (exact) mass is 298 g/mol. The summed E-state index contributed by atoms with van der Waals surface area (Å²) in [6, 6.07) is 6.54. The highest BCUT2D eigenvalue weighted by atomic mass is 19.3. The number of benzene rings is 1. The maximum absolute atomic E-state index is 12.9. The quantitative estimate of drug-likeness (QED) is 0.840. The molecule has 1 aromatic rings. The van der Waals surface area contributed by atoms with Crippen LogP contribution in [0.1, 0.15) is 43.4 Å². The smallest absolute Gasteiger partial charge is 0.263 e. The van der Waals surface area contributed by atoms with Crippen molar-refractivity contribution in [2.75, 3.05) is 26.2 Å². The molecule has 0 aliphatic carbocycles. The van der Waals surface area contributed by atoms with E-state index in [0.717, 1.165) is 38.1 Å². The van der Waals surface area contributed by atoms with Crippen LogP contribution in [0.5, 0.6) is 0 Å². The number of rotatable bonds is 7. The van der Waals surface area contributed by atoms with Crippen molar-refractivity contribution in [2.45, 2.75) is 38.3 Å². The van der Waals surface area contributed by atoms with E-state index < -0.39 is 6.43 Å². The Bertz CT molecular complexity index is 436. The molecule has 0 aromatic heterocycles. The second-order valence-corrected chi connectivity index (χ2v) is 5.44. The van der Waals surface area contributed by atoms with Crippen molar-refractivity contribution in [3.8, 4) is 0 Å². The number of hydrogen-bond acceptors (Lipinski definition) is 3. The van der Waals surface area contributed by atoms with Crippen LogP contribution in [0.3, 0.4) is 0 Å². The lowest BCUT2D eigenvalue weighted by Gasteiger charge is -2.32. The third-order valence-electron chi connectivity index (χ3n) is 4.08. The van der Waals surface area contributed by atoms with Crippen LogP contribution in [-0.2, 0) is 4.74 Å². The third-order valence-corrected chi connectivity index (χ3v) is 4.08. The van der Waals surface area contributed by atoms with Crippen LogP contribution in [0.15, 0.2) is 24.3 Å². The van der Waals surface area contributed by atoms with Gasteiger partial charge in [-0.2, -0.15) is 0 Å². The molecule has 3 nitrogen and oxygen atoms in total. The normalized spacial score (nSPS) is 20.4. The van der Waals surface area contributed by atoms with Crippen molar-refractivity contribution in [3.05, 3.63) is 35.4 Å². The Morgan fingerprint density at radius 2 is 2.14 bits per heavy atom. The van der Waals surface area contributed by atoms with Crippen molar-refractivity contribution in [1.82, 2.24) is 4.90 Å². The number of halogens is 2. The molecule has 21 heavy (non-hydrogen) atoms. The van der Waals surface area contributed by atoms with Gasteiger partial charge < -0.3 is 10.5 Å². The lowest BCUT2D eigenvalue weighted by atomic mass is 10.0. The van der Waals surface area contributed by atoms with Gasteiger partial charge in [0.2, 0.25) is 0 Å². The average molecular weight is 298 g/mol. The Labute approximate surface area is 125 Å². The topological polar surface area (TPSA) is 38.5 Å². The van der Waals surface area contributed by atoms with Crippen LogP contribution >= 0.6 is 0 Å². The predicted molar refractivity (Wildman–Crippen MR) is 79.4 cm³/mol. The highest BCUT2D eigenvalue weighted by Gasteiger charge is 2.24. The molecule has 1 saturated heterocycles. The first-order valence-corrected chi connectivity index (χ1v) is 7.59. The van der Waals surface area contributed by atoms with Gasteiger partial charge in [0.15, 0.2) is 0 Å². The van der Waals surface area contributed by atoms with Gasteiger partial charge in [-0.3, -0.25) is 4.90 Å². The van der Waals surface area contributed by atoms with Gasteiger partial charge in [0.05, 0.1) is 6.10 Å². The molecule has 0 radical (unpaired) electrons. The zero-order valence-electron chi connectivity index (χ0n) is 12.5. The molecule has 1 aliphatic heterocycles. The van der Waals surface area contributed by atoms with Crippen LogP contribution in [0.4, 0.5) is 8.78 Å². The summed E-state index contributed by atoms with van der Waals surface area (Å²) in [6.07, 6.45) is -0.0600. The molecule has 0 amide bonds. The fraction of sp³-hybridized carbons (Fsp3) is 0.625. The summed E-state index contributed by atoms with van der Waals surface area (Å²) < 4.78 is 31.4. The summed E-state index contributed by atoms with van der Waals surface area (Å²) in [5.41, 5.74) is 6.82. The minimum absolute atomic E-state index is 0.0436. The summed E-state index contributed by atoms with van der Waals surface area (Å²) in [4.78, 5) is 2.22. The minimum atomic E-state index is -2.45. The van der Waals surface area contributed by atoms with E-state index in [1.807, 2.05) is 6.07 Å². The van der Waals surface area contributed by atoms with Gasteiger partial charge >= 0.3 is 0 Å². The minimum Gasteiger partial charge on any atom is -0.377 e. The Kier molecular flexibility index (Phi) is 6.08. The van der Waals surface area contributed by atoms with Crippen LogP contribution in [0, 0.1) is 0 Å². The van der Waals surface area contributed by atoms with E-state index in [1.165, 1.54) is 6.07 Å². The fourth-order valence-electron chi connectivity index (χ4n) is 2.92. The lowest BCUT2D eigenvalue weighted by molar-refractivity contribution is 0.0600. The summed E-state index contributed by atoms with van der Waals surface area (Å²) >= 11 is 0. The molecule has 0 spiro atoms. The van der Waals surface area contributed by atoms with Crippen molar-refractivity contribution >= 4 is 0 Å². The first kappa shape index (κ1) is 16.3. The number of hydrogen-bond donors (Lipinski definition) is 1. The molecule has 1 aromatic carbocycles. The van der Waals surface area contributed by atoms with E-state index in [-0.39, 0.29) is 17.7 Å². The SMILES string of the molecule is CCN(CC1CCCO1)C(CN)c1cccc(C(F)F)c1. The van der Waals surface area contributed by atoms with Gasteiger partial charge in [-0.05, 0) is 31.0 Å². The summed E-state index contributed by atoms with van der Waals surface area (Å²) in [5.74, 6) is 0. The van der Waals surface area contributed by atoms with E-state index in [1.54, 1.807) is 12.1 Å². The van der Waals surface area contributed by atoms with Gasteiger partial charge in [-0.15, -0.1) is 0 Å². The molecular formula is C16H24F2N2O. The molecule has 1 heterocycles.